The standard InChI is InChI=1S/C17H16INO2/c1-11-5-12(2)7-13(6-11)9-19-15-8-14(18)3-4-16(15)21-10-17(19)20/h3-8H,9-10H2,1-2H3. The summed E-state index contributed by atoms with van der Waals surface area (Å²) in [5, 5.41) is 0. The number of halogens is 1. The fourth-order valence-corrected chi connectivity index (χ4v) is 3.17. The Balaban J connectivity index is 1.98. The van der Waals surface area contributed by atoms with Crippen LogP contribution in [0, 0.1) is 17.4 Å². The first kappa shape index (κ1) is 14.4. The first-order valence-corrected chi connectivity index (χ1v) is 7.91. The summed E-state index contributed by atoms with van der Waals surface area (Å²) in [6.45, 7) is 4.85. The molecule has 2 aromatic rings. The summed E-state index contributed by atoms with van der Waals surface area (Å²) in [5.74, 6) is 0.781. The number of carbonyl (C=O) groups excluding carboxylic acids is 1. The Morgan fingerprint density at radius 1 is 1.14 bits per heavy atom. The molecule has 2 aromatic carbocycles. The van der Waals surface area contributed by atoms with Gasteiger partial charge in [-0.05, 0) is 60.2 Å². The molecule has 4 heteroatoms. The van der Waals surface area contributed by atoms with Gasteiger partial charge in [0.25, 0.3) is 5.91 Å². The molecule has 0 saturated carbocycles. The molecular formula is C17H16INO2. The Labute approximate surface area is 138 Å². The van der Waals surface area contributed by atoms with Crippen molar-refractivity contribution >= 4 is 34.2 Å². The lowest BCUT2D eigenvalue weighted by molar-refractivity contribution is -0.121. The molecule has 0 saturated heterocycles. The van der Waals surface area contributed by atoms with Crippen molar-refractivity contribution in [2.75, 3.05) is 11.5 Å². The quantitative estimate of drug-likeness (QED) is 0.726. The summed E-state index contributed by atoms with van der Waals surface area (Å²) >= 11 is 2.25. The van der Waals surface area contributed by atoms with E-state index in [-0.39, 0.29) is 12.5 Å². The molecule has 1 aliphatic rings. The van der Waals surface area contributed by atoms with Crippen LogP contribution in [0.2, 0.25) is 0 Å². The van der Waals surface area contributed by atoms with Crippen LogP contribution < -0.4 is 9.64 Å². The van der Waals surface area contributed by atoms with Crippen molar-refractivity contribution < 1.29 is 9.53 Å². The first-order valence-electron chi connectivity index (χ1n) is 6.83. The van der Waals surface area contributed by atoms with E-state index in [4.69, 9.17) is 4.74 Å². The van der Waals surface area contributed by atoms with Gasteiger partial charge in [-0.25, -0.2) is 0 Å². The summed E-state index contributed by atoms with van der Waals surface area (Å²) in [6, 6.07) is 12.3. The monoisotopic (exact) mass is 393 g/mol. The van der Waals surface area contributed by atoms with Crippen LogP contribution in [0.3, 0.4) is 0 Å². The van der Waals surface area contributed by atoms with E-state index in [1.165, 1.54) is 11.1 Å². The van der Waals surface area contributed by atoms with Gasteiger partial charge >= 0.3 is 0 Å². The fraction of sp³-hybridized carbons (Fsp3) is 0.235. The molecule has 108 valence electrons. The predicted octanol–water partition coefficient (Wildman–Crippen LogP) is 3.83. The van der Waals surface area contributed by atoms with Crippen LogP contribution in [0.15, 0.2) is 36.4 Å². The molecular weight excluding hydrogens is 377 g/mol. The molecule has 3 rings (SSSR count). The molecule has 3 nitrogen and oxygen atoms in total. The Kier molecular flexibility index (Phi) is 3.89. The summed E-state index contributed by atoms with van der Waals surface area (Å²) in [5.41, 5.74) is 4.44. The third-order valence-corrected chi connectivity index (χ3v) is 4.16. The second-order valence-electron chi connectivity index (χ2n) is 5.38. The highest BCUT2D eigenvalue weighted by atomic mass is 127. The molecule has 0 spiro atoms. The van der Waals surface area contributed by atoms with E-state index >= 15 is 0 Å². The summed E-state index contributed by atoms with van der Waals surface area (Å²) in [6.07, 6.45) is 0. The molecule has 0 aromatic heterocycles. The second-order valence-corrected chi connectivity index (χ2v) is 6.62. The number of hydrogen-bond acceptors (Lipinski definition) is 2. The number of carbonyl (C=O) groups is 1. The van der Waals surface area contributed by atoms with Crippen LogP contribution in [-0.2, 0) is 11.3 Å². The normalized spacial score (nSPS) is 13.9. The van der Waals surface area contributed by atoms with Crippen molar-refractivity contribution in [3.05, 3.63) is 56.7 Å². The second kappa shape index (κ2) is 5.67. The fourth-order valence-electron chi connectivity index (χ4n) is 2.69. The van der Waals surface area contributed by atoms with Gasteiger partial charge in [0.2, 0.25) is 0 Å². The van der Waals surface area contributed by atoms with Gasteiger partial charge in [0.05, 0.1) is 12.2 Å². The van der Waals surface area contributed by atoms with Gasteiger partial charge in [-0.3, -0.25) is 4.79 Å². The van der Waals surface area contributed by atoms with Gasteiger partial charge in [-0.15, -0.1) is 0 Å². The third kappa shape index (κ3) is 3.05. The smallest absolute Gasteiger partial charge is 0.265 e. The molecule has 1 amide bonds. The van der Waals surface area contributed by atoms with Gasteiger partial charge in [-0.2, -0.15) is 0 Å². The minimum Gasteiger partial charge on any atom is -0.482 e. The van der Waals surface area contributed by atoms with Crippen LogP contribution in [0.25, 0.3) is 0 Å². The van der Waals surface area contributed by atoms with Crippen LogP contribution in [0.1, 0.15) is 16.7 Å². The Hall–Kier alpha value is -1.56. The molecule has 21 heavy (non-hydrogen) atoms. The third-order valence-electron chi connectivity index (χ3n) is 3.49. The number of hydrogen-bond donors (Lipinski definition) is 0. The van der Waals surface area contributed by atoms with Crippen molar-refractivity contribution in [3.63, 3.8) is 0 Å². The summed E-state index contributed by atoms with van der Waals surface area (Å²) in [4.78, 5) is 14.1. The number of nitrogens with zero attached hydrogens (tertiary/aromatic N) is 1. The average molecular weight is 393 g/mol. The van der Waals surface area contributed by atoms with Crippen molar-refractivity contribution in [3.8, 4) is 5.75 Å². The highest BCUT2D eigenvalue weighted by Gasteiger charge is 2.25. The highest BCUT2D eigenvalue weighted by Crippen LogP contribution is 2.34. The molecule has 0 fully saturated rings. The van der Waals surface area contributed by atoms with Crippen molar-refractivity contribution in [2.45, 2.75) is 20.4 Å². The van der Waals surface area contributed by atoms with E-state index in [2.05, 4.69) is 54.6 Å². The number of anilines is 1. The molecule has 1 aliphatic heterocycles. The van der Waals surface area contributed by atoms with Crippen LogP contribution in [0.4, 0.5) is 5.69 Å². The molecule has 0 atom stereocenters. The Morgan fingerprint density at radius 2 is 1.86 bits per heavy atom. The molecule has 0 bridgehead atoms. The number of fused-ring (bicyclic) bond motifs is 1. The van der Waals surface area contributed by atoms with Crippen molar-refractivity contribution in [2.24, 2.45) is 0 Å². The van der Waals surface area contributed by atoms with E-state index in [1.54, 1.807) is 0 Å². The van der Waals surface area contributed by atoms with E-state index < -0.39 is 0 Å². The van der Waals surface area contributed by atoms with Crippen molar-refractivity contribution in [1.29, 1.82) is 0 Å². The lowest BCUT2D eigenvalue weighted by Crippen LogP contribution is -2.38. The van der Waals surface area contributed by atoms with Gasteiger partial charge in [0.15, 0.2) is 6.61 Å². The van der Waals surface area contributed by atoms with Gasteiger partial charge in [0, 0.05) is 3.57 Å². The maximum atomic E-state index is 12.2. The molecule has 0 N–H and O–H groups in total. The zero-order chi connectivity index (χ0) is 15.0. The number of aryl methyl sites for hydroxylation is 2. The number of rotatable bonds is 2. The van der Waals surface area contributed by atoms with Crippen LogP contribution in [-0.4, -0.2) is 12.5 Å². The Bertz CT molecular complexity index is 692. The largest absolute Gasteiger partial charge is 0.482 e. The average Bonchev–Trinajstić information content (AvgIpc) is 2.41. The first-order chi connectivity index (χ1) is 10.0. The van der Waals surface area contributed by atoms with Crippen LogP contribution >= 0.6 is 22.6 Å². The maximum Gasteiger partial charge on any atom is 0.265 e. The lowest BCUT2D eigenvalue weighted by Gasteiger charge is -2.29. The lowest BCUT2D eigenvalue weighted by atomic mass is 10.1. The number of ether oxygens (including phenoxy) is 1. The van der Waals surface area contributed by atoms with Gasteiger partial charge in [0.1, 0.15) is 5.75 Å². The molecule has 0 aliphatic carbocycles. The number of amides is 1. The summed E-state index contributed by atoms with van der Waals surface area (Å²) in [7, 11) is 0. The zero-order valence-corrected chi connectivity index (χ0v) is 14.2. The van der Waals surface area contributed by atoms with Gasteiger partial charge in [-0.1, -0.05) is 29.3 Å². The van der Waals surface area contributed by atoms with E-state index in [1.807, 2.05) is 23.1 Å². The SMILES string of the molecule is Cc1cc(C)cc(CN2C(=O)COc3ccc(I)cc32)c1. The molecule has 0 radical (unpaired) electrons. The maximum absolute atomic E-state index is 12.2. The number of benzene rings is 2. The molecule has 1 heterocycles. The van der Waals surface area contributed by atoms with E-state index in [9.17, 15) is 4.79 Å². The Morgan fingerprint density at radius 3 is 2.57 bits per heavy atom. The zero-order valence-electron chi connectivity index (χ0n) is 12.0. The van der Waals surface area contributed by atoms with Crippen molar-refractivity contribution in [1.82, 2.24) is 0 Å². The summed E-state index contributed by atoms with van der Waals surface area (Å²) < 4.78 is 6.60. The molecule has 0 unspecified atom stereocenters. The van der Waals surface area contributed by atoms with Gasteiger partial charge < -0.3 is 9.64 Å². The predicted molar refractivity (Wildman–Crippen MR) is 91.8 cm³/mol. The van der Waals surface area contributed by atoms with E-state index in [0.717, 1.165) is 20.6 Å². The minimum atomic E-state index is 0.00339. The topological polar surface area (TPSA) is 29.5 Å². The van der Waals surface area contributed by atoms with Crippen LogP contribution in [0.5, 0.6) is 5.75 Å². The highest BCUT2D eigenvalue weighted by molar-refractivity contribution is 14.1. The van der Waals surface area contributed by atoms with E-state index in [0.29, 0.717) is 6.54 Å². The minimum absolute atomic E-state index is 0.00339.